The van der Waals surface area contributed by atoms with Crippen molar-refractivity contribution in [2.45, 2.75) is 25.9 Å². The molecule has 1 amide bonds. The first-order valence-corrected chi connectivity index (χ1v) is 9.63. The standard InChI is InChI=1S/C24H21NO5/c1-24(2)15-17-9-7-11-20(21(17)30-24)28-13-6-5-12-25-22(26)18-14-16-8-3-4-10-19(16)29-23(18)27/h3-4,7-11,14H,12-13,15H2,1-2H3,(H,25,26). The van der Waals surface area contributed by atoms with Crippen LogP contribution in [0.5, 0.6) is 11.5 Å². The SMILES string of the molecule is CC1(C)Cc2cccc(OCC#CCNC(=O)c3cc4ccccc4oc3=O)c2O1. The Morgan fingerprint density at radius 2 is 2.00 bits per heavy atom. The molecule has 0 spiro atoms. The summed E-state index contributed by atoms with van der Waals surface area (Å²) < 4.78 is 16.9. The summed E-state index contributed by atoms with van der Waals surface area (Å²) in [6.07, 6.45) is 0.833. The van der Waals surface area contributed by atoms with Gasteiger partial charge < -0.3 is 19.2 Å². The molecule has 0 bridgehead atoms. The lowest BCUT2D eigenvalue weighted by Crippen LogP contribution is -2.28. The van der Waals surface area contributed by atoms with Gasteiger partial charge in [0.05, 0.1) is 6.54 Å². The van der Waals surface area contributed by atoms with Crippen LogP contribution in [-0.4, -0.2) is 24.7 Å². The van der Waals surface area contributed by atoms with E-state index < -0.39 is 11.5 Å². The second kappa shape index (κ2) is 7.96. The Morgan fingerprint density at radius 1 is 1.17 bits per heavy atom. The Hall–Kier alpha value is -3.72. The summed E-state index contributed by atoms with van der Waals surface area (Å²) in [4.78, 5) is 24.3. The van der Waals surface area contributed by atoms with Gasteiger partial charge in [0.2, 0.25) is 0 Å². The third kappa shape index (κ3) is 4.15. The summed E-state index contributed by atoms with van der Waals surface area (Å²) in [5.41, 5.74) is 0.588. The Labute approximate surface area is 173 Å². The van der Waals surface area contributed by atoms with Gasteiger partial charge in [0.15, 0.2) is 11.5 Å². The number of carbonyl (C=O) groups is 1. The molecule has 2 heterocycles. The lowest BCUT2D eigenvalue weighted by Gasteiger charge is -2.17. The fraction of sp³-hybridized carbons (Fsp3) is 0.250. The first-order chi connectivity index (χ1) is 14.4. The van der Waals surface area contributed by atoms with Crippen molar-refractivity contribution < 1.29 is 18.7 Å². The molecule has 0 fully saturated rings. The molecule has 2 aromatic carbocycles. The number of carbonyl (C=O) groups excluding carboxylic acids is 1. The van der Waals surface area contributed by atoms with E-state index in [4.69, 9.17) is 13.9 Å². The molecule has 4 rings (SSSR count). The second-order valence-electron chi connectivity index (χ2n) is 7.59. The van der Waals surface area contributed by atoms with E-state index in [2.05, 4.69) is 17.2 Å². The van der Waals surface area contributed by atoms with E-state index in [1.165, 1.54) is 6.07 Å². The molecule has 0 unspecified atom stereocenters. The lowest BCUT2D eigenvalue weighted by molar-refractivity contribution is 0.0955. The van der Waals surface area contributed by atoms with Crippen LogP contribution in [0, 0.1) is 11.8 Å². The van der Waals surface area contributed by atoms with Gasteiger partial charge in [-0.3, -0.25) is 4.79 Å². The molecule has 0 atom stereocenters. The van der Waals surface area contributed by atoms with E-state index in [1.54, 1.807) is 18.2 Å². The molecule has 1 aliphatic rings. The smallest absolute Gasteiger partial charge is 0.349 e. The molecular formula is C24H21NO5. The summed E-state index contributed by atoms with van der Waals surface area (Å²) in [5, 5.41) is 3.29. The van der Waals surface area contributed by atoms with Crippen molar-refractivity contribution in [2.75, 3.05) is 13.2 Å². The third-order valence-corrected chi connectivity index (χ3v) is 4.70. The molecular weight excluding hydrogens is 382 g/mol. The van der Waals surface area contributed by atoms with Crippen molar-refractivity contribution in [3.63, 3.8) is 0 Å². The van der Waals surface area contributed by atoms with E-state index in [0.717, 1.165) is 17.7 Å². The Kier molecular flexibility index (Phi) is 5.20. The lowest BCUT2D eigenvalue weighted by atomic mass is 10.0. The minimum Gasteiger partial charge on any atom is -0.483 e. The van der Waals surface area contributed by atoms with Crippen molar-refractivity contribution in [1.82, 2.24) is 5.32 Å². The molecule has 1 aromatic heterocycles. The molecule has 6 heteroatoms. The predicted octanol–water partition coefficient (Wildman–Crippen LogP) is 3.32. The van der Waals surface area contributed by atoms with Gasteiger partial charge in [-0.15, -0.1) is 0 Å². The topological polar surface area (TPSA) is 77.8 Å². The van der Waals surface area contributed by atoms with E-state index >= 15 is 0 Å². The van der Waals surface area contributed by atoms with Gasteiger partial charge in [0.1, 0.15) is 23.4 Å². The molecule has 0 aliphatic carbocycles. The summed E-state index contributed by atoms with van der Waals surface area (Å²) in [6, 6.07) is 14.4. The summed E-state index contributed by atoms with van der Waals surface area (Å²) >= 11 is 0. The van der Waals surface area contributed by atoms with Crippen molar-refractivity contribution in [2.24, 2.45) is 0 Å². The van der Waals surface area contributed by atoms with Gasteiger partial charge in [-0.2, -0.15) is 0 Å². The largest absolute Gasteiger partial charge is 0.483 e. The van der Waals surface area contributed by atoms with Crippen LogP contribution in [0.2, 0.25) is 0 Å². The molecule has 0 saturated carbocycles. The number of amides is 1. The van der Waals surface area contributed by atoms with E-state index in [-0.39, 0.29) is 24.3 Å². The number of hydrogen-bond donors (Lipinski definition) is 1. The number of benzene rings is 2. The number of rotatable bonds is 4. The maximum atomic E-state index is 12.3. The fourth-order valence-electron chi connectivity index (χ4n) is 3.37. The van der Waals surface area contributed by atoms with Crippen molar-refractivity contribution in [3.05, 3.63) is 70.1 Å². The normalized spacial score (nSPS) is 13.7. The predicted molar refractivity (Wildman–Crippen MR) is 113 cm³/mol. The first kappa shape index (κ1) is 19.6. The monoisotopic (exact) mass is 403 g/mol. The van der Waals surface area contributed by atoms with Gasteiger partial charge in [-0.05, 0) is 32.0 Å². The highest BCUT2D eigenvalue weighted by Gasteiger charge is 2.32. The zero-order valence-corrected chi connectivity index (χ0v) is 16.8. The minimum atomic E-state index is -0.677. The van der Waals surface area contributed by atoms with Crippen LogP contribution in [-0.2, 0) is 6.42 Å². The molecule has 1 N–H and O–H groups in total. The van der Waals surface area contributed by atoms with Gasteiger partial charge in [-0.1, -0.05) is 42.2 Å². The zero-order valence-electron chi connectivity index (χ0n) is 16.8. The Morgan fingerprint density at radius 3 is 2.87 bits per heavy atom. The van der Waals surface area contributed by atoms with E-state index in [9.17, 15) is 9.59 Å². The quantitative estimate of drug-likeness (QED) is 0.534. The molecule has 0 saturated heterocycles. The molecule has 1 aliphatic heterocycles. The number of ether oxygens (including phenoxy) is 2. The van der Waals surface area contributed by atoms with Crippen LogP contribution < -0.4 is 20.4 Å². The highest BCUT2D eigenvalue weighted by molar-refractivity contribution is 5.96. The minimum absolute atomic E-state index is 0.0497. The number of hydrogen-bond acceptors (Lipinski definition) is 5. The van der Waals surface area contributed by atoms with Crippen LogP contribution >= 0.6 is 0 Å². The number of fused-ring (bicyclic) bond motifs is 2. The molecule has 0 radical (unpaired) electrons. The van der Waals surface area contributed by atoms with Crippen LogP contribution in [0.3, 0.4) is 0 Å². The van der Waals surface area contributed by atoms with Crippen molar-refractivity contribution >= 4 is 16.9 Å². The van der Waals surface area contributed by atoms with Gasteiger partial charge in [-0.25, -0.2) is 4.79 Å². The average molecular weight is 403 g/mol. The van der Waals surface area contributed by atoms with E-state index in [1.807, 2.05) is 38.1 Å². The van der Waals surface area contributed by atoms with Crippen LogP contribution in [0.4, 0.5) is 0 Å². The van der Waals surface area contributed by atoms with Gasteiger partial charge in [0.25, 0.3) is 5.91 Å². The maximum Gasteiger partial charge on any atom is 0.349 e. The highest BCUT2D eigenvalue weighted by atomic mass is 16.5. The summed E-state index contributed by atoms with van der Waals surface area (Å²) in [6.45, 7) is 4.32. The summed E-state index contributed by atoms with van der Waals surface area (Å²) in [5.74, 6) is 6.56. The van der Waals surface area contributed by atoms with Gasteiger partial charge >= 0.3 is 5.63 Å². The maximum absolute atomic E-state index is 12.3. The fourth-order valence-corrected chi connectivity index (χ4v) is 3.37. The molecule has 30 heavy (non-hydrogen) atoms. The van der Waals surface area contributed by atoms with Crippen LogP contribution in [0.15, 0.2) is 57.7 Å². The highest BCUT2D eigenvalue weighted by Crippen LogP contribution is 2.41. The van der Waals surface area contributed by atoms with Crippen LogP contribution in [0.1, 0.15) is 29.8 Å². The number of nitrogens with one attached hydrogen (secondary N) is 1. The van der Waals surface area contributed by atoms with Crippen molar-refractivity contribution in [1.29, 1.82) is 0 Å². The zero-order chi connectivity index (χ0) is 21.1. The third-order valence-electron chi connectivity index (χ3n) is 4.70. The molecule has 6 nitrogen and oxygen atoms in total. The Balaban J connectivity index is 1.33. The second-order valence-corrected chi connectivity index (χ2v) is 7.59. The van der Waals surface area contributed by atoms with E-state index in [0.29, 0.717) is 16.7 Å². The molecule has 152 valence electrons. The van der Waals surface area contributed by atoms with Crippen molar-refractivity contribution in [3.8, 4) is 23.3 Å². The summed E-state index contributed by atoms with van der Waals surface area (Å²) in [7, 11) is 0. The Bertz CT molecular complexity index is 1230. The van der Waals surface area contributed by atoms with Crippen LogP contribution in [0.25, 0.3) is 11.0 Å². The average Bonchev–Trinajstić information content (AvgIpc) is 3.04. The first-order valence-electron chi connectivity index (χ1n) is 9.63. The van der Waals surface area contributed by atoms with Gasteiger partial charge in [0, 0.05) is 17.4 Å². The molecule has 3 aromatic rings. The number of para-hydroxylation sites is 2.